The molecule has 1 aliphatic carbocycles. The van der Waals surface area contributed by atoms with Crippen LogP contribution >= 0.6 is 0 Å². The summed E-state index contributed by atoms with van der Waals surface area (Å²) in [5.41, 5.74) is 12.3. The first-order chi connectivity index (χ1) is 35.8. The van der Waals surface area contributed by atoms with Gasteiger partial charge in [0.2, 0.25) is 12.2 Å². The highest BCUT2D eigenvalue weighted by Gasteiger charge is 2.31. The highest BCUT2D eigenvalue weighted by Crippen LogP contribution is 2.46. The summed E-state index contributed by atoms with van der Waals surface area (Å²) >= 11 is 0. The van der Waals surface area contributed by atoms with Crippen LogP contribution in [0, 0.1) is 0 Å². The molecule has 0 amide bonds. The fourth-order valence-electron chi connectivity index (χ4n) is 12.4. The quantitative estimate of drug-likeness (QED) is 0.188. The van der Waals surface area contributed by atoms with Gasteiger partial charge in [-0.1, -0.05) is 188 Å². The molecule has 72 heavy (non-hydrogen) atoms. The molecule has 1 atom stereocenters. The van der Waals surface area contributed by atoms with Crippen LogP contribution in [0.2, 0.25) is 0 Å². The van der Waals surface area contributed by atoms with E-state index in [1.165, 1.54) is 65.3 Å². The zero-order valence-electron chi connectivity index (χ0n) is 39.0. The number of nitrogens with zero attached hydrogens (tertiary/aromatic N) is 6. The van der Waals surface area contributed by atoms with Crippen molar-refractivity contribution in [2.24, 2.45) is 9.98 Å². The van der Waals surface area contributed by atoms with E-state index in [9.17, 15) is 0 Å². The van der Waals surface area contributed by atoms with Crippen LogP contribution in [-0.4, -0.2) is 30.1 Å². The minimum Gasteiger partial charge on any atom is -0.316 e. The molecule has 16 rings (SSSR count). The SMILES string of the molecule is C1=CC(n2c3ccccc3c3ccc4c(c5ccccc5n4C4N=C(c5ccccc5)N=C(n5c6c7ccccc7ccc6c6ccc7c8ccc9ccccc9c8n(-c8ccccc8)c7c65)N4)c32)=CCC1. The lowest BCUT2D eigenvalue weighted by atomic mass is 10.0. The van der Waals surface area contributed by atoms with Crippen LogP contribution in [0.3, 0.4) is 0 Å². The summed E-state index contributed by atoms with van der Waals surface area (Å²) in [6.07, 6.45) is 8.45. The first-order valence-corrected chi connectivity index (χ1v) is 24.9. The number of hydrogen-bond donors (Lipinski definition) is 1. The first kappa shape index (κ1) is 39.4. The molecule has 2 aliphatic rings. The maximum atomic E-state index is 5.67. The largest absolute Gasteiger partial charge is 0.316 e. The molecule has 0 spiro atoms. The number of fused-ring (bicyclic) bond motifs is 18. The van der Waals surface area contributed by atoms with Gasteiger partial charge in [-0.2, -0.15) is 4.99 Å². The molecule has 7 nitrogen and oxygen atoms in total. The van der Waals surface area contributed by atoms with Gasteiger partial charge in [0, 0.05) is 70.8 Å². The van der Waals surface area contributed by atoms with Crippen molar-refractivity contribution in [2.45, 2.75) is 19.1 Å². The van der Waals surface area contributed by atoms with Crippen molar-refractivity contribution in [1.29, 1.82) is 0 Å². The Morgan fingerprint density at radius 1 is 0.403 bits per heavy atom. The third-order valence-electron chi connectivity index (χ3n) is 15.4. The Hall–Kier alpha value is -9.46. The van der Waals surface area contributed by atoms with Gasteiger partial charge < -0.3 is 19.0 Å². The minimum absolute atomic E-state index is 0.593. The van der Waals surface area contributed by atoms with E-state index in [0.717, 1.165) is 73.2 Å². The van der Waals surface area contributed by atoms with E-state index >= 15 is 0 Å². The van der Waals surface area contributed by atoms with E-state index in [-0.39, 0.29) is 0 Å². The lowest BCUT2D eigenvalue weighted by Crippen LogP contribution is -2.40. The molecule has 1 unspecified atom stereocenters. The summed E-state index contributed by atoms with van der Waals surface area (Å²) < 4.78 is 9.81. The van der Waals surface area contributed by atoms with Crippen LogP contribution in [0.5, 0.6) is 0 Å². The topological polar surface area (TPSA) is 56.5 Å². The molecule has 10 aromatic carbocycles. The van der Waals surface area contributed by atoms with Gasteiger partial charge in [0.1, 0.15) is 0 Å². The Labute approximate surface area is 412 Å². The second kappa shape index (κ2) is 15.0. The predicted octanol–water partition coefficient (Wildman–Crippen LogP) is 16.0. The molecule has 0 saturated carbocycles. The molecule has 1 N–H and O–H groups in total. The normalized spacial score (nSPS) is 15.3. The van der Waals surface area contributed by atoms with Crippen LogP contribution in [-0.2, 0) is 0 Å². The Kier molecular flexibility index (Phi) is 8.22. The highest BCUT2D eigenvalue weighted by molar-refractivity contribution is 6.32. The van der Waals surface area contributed by atoms with Crippen molar-refractivity contribution in [3.05, 3.63) is 230 Å². The zero-order valence-corrected chi connectivity index (χ0v) is 39.0. The molecule has 7 heteroatoms. The summed E-state index contributed by atoms with van der Waals surface area (Å²) in [7, 11) is 0. The van der Waals surface area contributed by atoms with Crippen molar-refractivity contribution in [3.63, 3.8) is 0 Å². The monoisotopic (exact) mass is 921 g/mol. The van der Waals surface area contributed by atoms with E-state index in [1.807, 2.05) is 0 Å². The van der Waals surface area contributed by atoms with Crippen molar-refractivity contribution in [2.75, 3.05) is 0 Å². The number of aliphatic imine (C=N–C) groups is 2. The van der Waals surface area contributed by atoms with Gasteiger partial charge in [-0.05, 0) is 60.0 Å². The summed E-state index contributed by atoms with van der Waals surface area (Å²) in [6, 6.07) is 74.9. The summed E-state index contributed by atoms with van der Waals surface area (Å²) in [5, 5.41) is 18.3. The molecule has 5 heterocycles. The third kappa shape index (κ3) is 5.44. The number of amidine groups is 1. The van der Waals surface area contributed by atoms with Crippen molar-refractivity contribution >= 4 is 126 Å². The summed E-state index contributed by atoms with van der Waals surface area (Å²) in [6.45, 7) is 0. The maximum Gasteiger partial charge on any atom is 0.213 e. The summed E-state index contributed by atoms with van der Waals surface area (Å²) in [4.78, 5) is 11.3. The molecule has 0 bridgehead atoms. The molecule has 0 saturated heterocycles. The minimum atomic E-state index is -0.593. The number of nitrogens with one attached hydrogen (secondary N) is 1. The van der Waals surface area contributed by atoms with Crippen LogP contribution in [0.1, 0.15) is 24.7 Å². The first-order valence-electron chi connectivity index (χ1n) is 24.9. The van der Waals surface area contributed by atoms with Crippen LogP contribution in [0.25, 0.3) is 120 Å². The van der Waals surface area contributed by atoms with E-state index in [0.29, 0.717) is 11.8 Å². The van der Waals surface area contributed by atoms with E-state index < -0.39 is 6.29 Å². The molecule has 338 valence electrons. The fourth-order valence-corrected chi connectivity index (χ4v) is 12.4. The van der Waals surface area contributed by atoms with Crippen molar-refractivity contribution in [3.8, 4) is 5.69 Å². The van der Waals surface area contributed by atoms with Gasteiger partial charge in [-0.3, -0.25) is 4.57 Å². The molecule has 1 aliphatic heterocycles. The van der Waals surface area contributed by atoms with Gasteiger partial charge in [0.15, 0.2) is 5.84 Å². The molecule has 0 radical (unpaired) electrons. The van der Waals surface area contributed by atoms with Crippen LogP contribution in [0.15, 0.2) is 234 Å². The number of para-hydroxylation sites is 3. The smallest absolute Gasteiger partial charge is 0.213 e. The van der Waals surface area contributed by atoms with E-state index in [1.54, 1.807) is 0 Å². The molecule has 14 aromatic rings. The molecule has 4 aromatic heterocycles. The van der Waals surface area contributed by atoms with Crippen molar-refractivity contribution in [1.82, 2.24) is 23.6 Å². The van der Waals surface area contributed by atoms with Gasteiger partial charge in [0.05, 0.1) is 44.1 Å². The molecule has 0 fully saturated rings. The average molecular weight is 922 g/mol. The van der Waals surface area contributed by atoms with Gasteiger partial charge in [-0.15, -0.1) is 0 Å². The number of aromatic nitrogens is 4. The number of allylic oxidation sites excluding steroid dienone is 4. The average Bonchev–Trinajstić information content (AvgIpc) is 4.19. The number of benzene rings is 10. The number of hydrogen-bond acceptors (Lipinski definition) is 3. The second-order valence-electron chi connectivity index (χ2n) is 19.2. The molecular weight excluding hydrogens is 879 g/mol. The maximum absolute atomic E-state index is 5.67. The third-order valence-corrected chi connectivity index (χ3v) is 15.4. The lowest BCUT2D eigenvalue weighted by molar-refractivity contribution is 0.509. The Morgan fingerprint density at radius 3 is 1.67 bits per heavy atom. The van der Waals surface area contributed by atoms with Crippen LogP contribution in [0.4, 0.5) is 0 Å². The van der Waals surface area contributed by atoms with E-state index in [2.05, 4.69) is 248 Å². The highest BCUT2D eigenvalue weighted by atomic mass is 15.4. The number of rotatable bonds is 4. The van der Waals surface area contributed by atoms with Crippen LogP contribution < -0.4 is 5.32 Å². The molecular formula is C65H43N7. The van der Waals surface area contributed by atoms with E-state index in [4.69, 9.17) is 9.98 Å². The standard InChI is InChI=1S/C65H43N7/c1-4-20-42(21-5-1)63-66-64(71-55-31-17-15-29-53(55)57-56(71)39-38-48-47-28-14-16-30-54(47)69(60(48)57)43-22-6-2-7-23-43)68-65(67-63)72-59-46-27-13-11-19-41(46)33-35-50(59)52-37-36-51-49-34-32-40-18-10-12-26-45(40)58(49)70(61(51)62(52)72)44-24-8-3-9-25-44/h1,3-6,8-39,64H,2,7H2,(H,66,67,68). The lowest BCUT2D eigenvalue weighted by Gasteiger charge is -2.27. The fraction of sp³-hybridized carbons (Fsp3) is 0.0462. The van der Waals surface area contributed by atoms with Gasteiger partial charge in [0.25, 0.3) is 0 Å². The Morgan fingerprint density at radius 2 is 0.958 bits per heavy atom. The van der Waals surface area contributed by atoms with Crippen molar-refractivity contribution < 1.29 is 0 Å². The summed E-state index contributed by atoms with van der Waals surface area (Å²) in [5.74, 6) is 1.36. The van der Waals surface area contributed by atoms with Gasteiger partial charge >= 0.3 is 0 Å². The second-order valence-corrected chi connectivity index (χ2v) is 19.2. The predicted molar refractivity (Wildman–Crippen MR) is 302 cm³/mol. The van der Waals surface area contributed by atoms with Gasteiger partial charge in [-0.25, -0.2) is 4.99 Å². The zero-order chi connectivity index (χ0) is 47.0. The Balaban J connectivity index is 1.04. The Bertz CT molecular complexity index is 4770.